The van der Waals surface area contributed by atoms with Gasteiger partial charge >= 0.3 is 6.18 Å². The van der Waals surface area contributed by atoms with E-state index in [1.807, 2.05) is 0 Å². The van der Waals surface area contributed by atoms with Gasteiger partial charge in [-0.25, -0.2) is 17.8 Å². The molecule has 0 aliphatic rings. The van der Waals surface area contributed by atoms with Crippen LogP contribution >= 0.6 is 0 Å². The molecular formula is C10H13F3N6O2S. The van der Waals surface area contributed by atoms with Crippen LogP contribution < -0.4 is 4.72 Å². The molecule has 0 fully saturated rings. The van der Waals surface area contributed by atoms with Crippen molar-refractivity contribution in [3.05, 3.63) is 29.3 Å². The summed E-state index contributed by atoms with van der Waals surface area (Å²) in [5, 5.41) is 10.9. The number of aryl methyl sites for hydroxylation is 1. The smallest absolute Gasteiger partial charge is 0.270 e. The molecule has 0 saturated heterocycles. The first kappa shape index (κ1) is 16.4. The minimum absolute atomic E-state index is 0.0332. The molecule has 0 atom stereocenters. The van der Waals surface area contributed by atoms with Gasteiger partial charge in [-0.15, -0.1) is 5.10 Å². The van der Waals surface area contributed by atoms with Crippen molar-refractivity contribution in [2.24, 2.45) is 7.05 Å². The summed E-state index contributed by atoms with van der Waals surface area (Å²) >= 11 is 0. The molecule has 2 rings (SSSR count). The van der Waals surface area contributed by atoms with Crippen LogP contribution in [-0.2, 0) is 36.3 Å². The Labute approximate surface area is 124 Å². The van der Waals surface area contributed by atoms with Gasteiger partial charge in [0.1, 0.15) is 0 Å². The average Bonchev–Trinajstić information content (AvgIpc) is 2.94. The van der Waals surface area contributed by atoms with Crippen LogP contribution in [0.3, 0.4) is 0 Å². The summed E-state index contributed by atoms with van der Waals surface area (Å²) in [6.45, 7) is -0.0104. The molecule has 122 valence electrons. The monoisotopic (exact) mass is 338 g/mol. The molecule has 0 bridgehead atoms. The largest absolute Gasteiger partial charge is 0.435 e. The molecule has 0 spiro atoms. The Morgan fingerprint density at radius 3 is 2.59 bits per heavy atom. The van der Waals surface area contributed by atoms with E-state index in [1.165, 1.54) is 17.9 Å². The van der Waals surface area contributed by atoms with Crippen LogP contribution in [0.15, 0.2) is 12.3 Å². The van der Waals surface area contributed by atoms with Gasteiger partial charge in [0.25, 0.3) is 0 Å². The number of nitrogens with zero attached hydrogens (tertiary/aromatic N) is 5. The van der Waals surface area contributed by atoms with Crippen LogP contribution in [0.25, 0.3) is 0 Å². The van der Waals surface area contributed by atoms with Crippen LogP contribution in [-0.4, -0.2) is 39.4 Å². The van der Waals surface area contributed by atoms with Gasteiger partial charge in [-0.1, -0.05) is 5.21 Å². The highest BCUT2D eigenvalue weighted by molar-refractivity contribution is 7.88. The third kappa shape index (κ3) is 4.27. The average molecular weight is 338 g/mol. The van der Waals surface area contributed by atoms with Crippen molar-refractivity contribution < 1.29 is 21.6 Å². The molecule has 0 aromatic carbocycles. The quantitative estimate of drug-likeness (QED) is 0.836. The SMILES string of the molecule is Cn1nc(C(F)(F)F)cc1Cn1cc(CNS(C)(=O)=O)nn1. The first-order valence-corrected chi connectivity index (χ1v) is 7.87. The third-order valence-electron chi connectivity index (χ3n) is 2.69. The first-order chi connectivity index (χ1) is 10.0. The number of rotatable bonds is 5. The van der Waals surface area contributed by atoms with E-state index in [1.54, 1.807) is 0 Å². The van der Waals surface area contributed by atoms with Gasteiger partial charge in [0.15, 0.2) is 5.69 Å². The van der Waals surface area contributed by atoms with Gasteiger partial charge in [-0.2, -0.15) is 18.3 Å². The van der Waals surface area contributed by atoms with Crippen molar-refractivity contribution in [1.82, 2.24) is 29.5 Å². The lowest BCUT2D eigenvalue weighted by Gasteiger charge is -2.00. The van der Waals surface area contributed by atoms with Crippen LogP contribution in [0.2, 0.25) is 0 Å². The van der Waals surface area contributed by atoms with Crippen LogP contribution in [0.5, 0.6) is 0 Å². The second kappa shape index (κ2) is 5.68. The second-order valence-electron chi connectivity index (χ2n) is 4.64. The van der Waals surface area contributed by atoms with Crippen molar-refractivity contribution in [1.29, 1.82) is 0 Å². The molecule has 1 N–H and O–H groups in total. The Bertz CT molecular complexity index is 764. The molecule has 0 radical (unpaired) electrons. The highest BCUT2D eigenvalue weighted by atomic mass is 32.2. The lowest BCUT2D eigenvalue weighted by atomic mass is 10.3. The molecule has 12 heteroatoms. The maximum Gasteiger partial charge on any atom is 0.435 e. The Morgan fingerprint density at radius 2 is 2.05 bits per heavy atom. The van der Waals surface area contributed by atoms with Gasteiger partial charge in [-0.05, 0) is 6.07 Å². The summed E-state index contributed by atoms with van der Waals surface area (Å²) in [5.74, 6) is 0. The van der Waals surface area contributed by atoms with Gasteiger partial charge in [0.2, 0.25) is 10.0 Å². The minimum Gasteiger partial charge on any atom is -0.270 e. The summed E-state index contributed by atoms with van der Waals surface area (Å²) in [7, 11) is -1.96. The highest BCUT2D eigenvalue weighted by Gasteiger charge is 2.34. The van der Waals surface area contributed by atoms with E-state index in [0.717, 1.165) is 17.0 Å². The second-order valence-corrected chi connectivity index (χ2v) is 6.48. The molecular weight excluding hydrogens is 325 g/mol. The molecule has 8 nitrogen and oxygen atoms in total. The van der Waals surface area contributed by atoms with Crippen molar-refractivity contribution >= 4 is 10.0 Å². The lowest BCUT2D eigenvalue weighted by Crippen LogP contribution is -2.21. The maximum atomic E-state index is 12.6. The standard InChI is InChI=1S/C10H13F3N6O2S/c1-18-8(3-9(16-18)10(11,12)13)6-19-5-7(15-17-19)4-14-22(2,20)21/h3,5,14H,4,6H2,1-2H3. The van der Waals surface area contributed by atoms with Gasteiger partial charge in [-0.3, -0.25) is 4.68 Å². The fourth-order valence-corrected chi connectivity index (χ4v) is 2.07. The number of sulfonamides is 1. The van der Waals surface area contributed by atoms with E-state index >= 15 is 0 Å². The zero-order valence-electron chi connectivity index (χ0n) is 11.7. The Hall–Kier alpha value is -1.95. The summed E-state index contributed by atoms with van der Waals surface area (Å²) in [6.07, 6.45) is -2.06. The molecule has 2 heterocycles. The van der Waals surface area contributed by atoms with Crippen molar-refractivity contribution in [3.63, 3.8) is 0 Å². The van der Waals surface area contributed by atoms with Crippen LogP contribution in [0, 0.1) is 0 Å². The molecule has 0 aliphatic carbocycles. The topological polar surface area (TPSA) is 94.7 Å². The van der Waals surface area contributed by atoms with Gasteiger partial charge in [0.05, 0.1) is 36.9 Å². The predicted octanol–water partition coefficient (Wildman–Crippen LogP) is 0.128. The fraction of sp³-hybridized carbons (Fsp3) is 0.500. The molecule has 0 saturated carbocycles. The van der Waals surface area contributed by atoms with Gasteiger partial charge in [0, 0.05) is 7.05 Å². The fourth-order valence-electron chi connectivity index (χ4n) is 1.66. The van der Waals surface area contributed by atoms with Crippen molar-refractivity contribution in [3.8, 4) is 0 Å². The van der Waals surface area contributed by atoms with E-state index < -0.39 is 21.9 Å². The minimum atomic E-state index is -4.51. The Kier molecular flexibility index (Phi) is 4.24. The molecule has 2 aromatic heterocycles. The van der Waals surface area contributed by atoms with E-state index in [4.69, 9.17) is 0 Å². The lowest BCUT2D eigenvalue weighted by molar-refractivity contribution is -0.141. The molecule has 0 unspecified atom stereocenters. The molecule has 22 heavy (non-hydrogen) atoms. The zero-order valence-corrected chi connectivity index (χ0v) is 12.5. The summed E-state index contributed by atoms with van der Waals surface area (Å²) in [4.78, 5) is 0. The number of halogens is 3. The predicted molar refractivity (Wildman–Crippen MR) is 69.0 cm³/mol. The van der Waals surface area contributed by atoms with E-state index in [2.05, 4.69) is 20.1 Å². The Balaban J connectivity index is 2.09. The third-order valence-corrected chi connectivity index (χ3v) is 3.36. The van der Waals surface area contributed by atoms with Crippen LogP contribution in [0.1, 0.15) is 17.1 Å². The molecule has 0 amide bonds. The first-order valence-electron chi connectivity index (χ1n) is 5.98. The number of hydrogen-bond donors (Lipinski definition) is 1. The Morgan fingerprint density at radius 1 is 1.36 bits per heavy atom. The van der Waals surface area contributed by atoms with Gasteiger partial charge < -0.3 is 0 Å². The van der Waals surface area contributed by atoms with Crippen molar-refractivity contribution in [2.75, 3.05) is 6.26 Å². The van der Waals surface area contributed by atoms with E-state index in [-0.39, 0.29) is 13.1 Å². The summed E-state index contributed by atoms with van der Waals surface area (Å²) in [5.41, 5.74) is -0.340. The number of hydrogen-bond acceptors (Lipinski definition) is 5. The summed E-state index contributed by atoms with van der Waals surface area (Å²) < 4.78 is 64.3. The summed E-state index contributed by atoms with van der Waals surface area (Å²) in [6, 6.07) is 0.927. The van der Waals surface area contributed by atoms with E-state index in [0.29, 0.717) is 11.4 Å². The highest BCUT2D eigenvalue weighted by Crippen LogP contribution is 2.28. The number of alkyl halides is 3. The molecule has 2 aromatic rings. The molecule has 0 aliphatic heterocycles. The van der Waals surface area contributed by atoms with E-state index in [9.17, 15) is 21.6 Å². The maximum absolute atomic E-state index is 12.6. The normalized spacial score (nSPS) is 12.8. The number of nitrogens with one attached hydrogen (secondary N) is 1. The zero-order chi connectivity index (χ0) is 16.5. The van der Waals surface area contributed by atoms with Crippen molar-refractivity contribution in [2.45, 2.75) is 19.3 Å². The number of aromatic nitrogens is 5. The van der Waals surface area contributed by atoms with Crippen LogP contribution in [0.4, 0.5) is 13.2 Å².